The maximum Gasteiger partial charge on any atom is 0.137 e. The van der Waals surface area contributed by atoms with Crippen molar-refractivity contribution < 1.29 is 0 Å². The lowest BCUT2D eigenvalue weighted by atomic mass is 9.87. The summed E-state index contributed by atoms with van der Waals surface area (Å²) in [5.74, 6) is 0. The lowest BCUT2D eigenvalue weighted by molar-refractivity contribution is 0.596. The van der Waals surface area contributed by atoms with Crippen molar-refractivity contribution in [2.75, 3.05) is 0 Å². The molecule has 0 amide bonds. The van der Waals surface area contributed by atoms with Crippen molar-refractivity contribution in [1.29, 1.82) is 0 Å². The molecule has 0 aliphatic heterocycles. The first-order chi connectivity index (χ1) is 6.48. The lowest BCUT2D eigenvalue weighted by Crippen LogP contribution is -2.09. The molecule has 0 aliphatic carbocycles. The number of nitrogens with zero attached hydrogens (tertiary/aromatic N) is 1. The van der Waals surface area contributed by atoms with Crippen LogP contribution in [0.2, 0.25) is 0 Å². The zero-order valence-electron chi connectivity index (χ0n) is 8.56. The number of fused-ring (bicyclic) bond motifs is 1. The van der Waals surface area contributed by atoms with Gasteiger partial charge in [0.1, 0.15) is 5.65 Å². The van der Waals surface area contributed by atoms with E-state index in [1.807, 2.05) is 12.4 Å². The molecule has 2 nitrogen and oxygen atoms in total. The van der Waals surface area contributed by atoms with E-state index < -0.39 is 0 Å². The molecule has 2 aromatic heterocycles. The van der Waals surface area contributed by atoms with Crippen LogP contribution in [0.1, 0.15) is 26.3 Å². The van der Waals surface area contributed by atoms with Crippen molar-refractivity contribution in [2.24, 2.45) is 0 Å². The third-order valence-corrected chi connectivity index (χ3v) is 2.74. The molecular formula is C11H13BrN2. The van der Waals surface area contributed by atoms with E-state index in [1.54, 1.807) is 0 Å². The Labute approximate surface area is 91.9 Å². The first-order valence-electron chi connectivity index (χ1n) is 4.61. The molecule has 14 heavy (non-hydrogen) atoms. The summed E-state index contributed by atoms with van der Waals surface area (Å²) in [5.41, 5.74) is 2.42. The number of pyridine rings is 1. The smallest absolute Gasteiger partial charge is 0.137 e. The summed E-state index contributed by atoms with van der Waals surface area (Å²) >= 11 is 3.44. The van der Waals surface area contributed by atoms with E-state index in [0.717, 1.165) is 10.1 Å². The summed E-state index contributed by atoms with van der Waals surface area (Å²) in [7, 11) is 0. The molecule has 0 radical (unpaired) electrons. The second kappa shape index (κ2) is 3.09. The van der Waals surface area contributed by atoms with Gasteiger partial charge in [0, 0.05) is 22.3 Å². The second-order valence-corrected chi connectivity index (χ2v) is 5.42. The van der Waals surface area contributed by atoms with Gasteiger partial charge in [-0.2, -0.15) is 0 Å². The maximum atomic E-state index is 4.31. The summed E-state index contributed by atoms with van der Waals surface area (Å²) in [6.45, 7) is 6.61. The zero-order valence-corrected chi connectivity index (χ0v) is 10.1. The monoisotopic (exact) mass is 252 g/mol. The van der Waals surface area contributed by atoms with E-state index in [-0.39, 0.29) is 5.41 Å². The molecule has 3 heteroatoms. The van der Waals surface area contributed by atoms with Gasteiger partial charge in [-0.05, 0) is 33.0 Å². The average molecular weight is 253 g/mol. The van der Waals surface area contributed by atoms with Gasteiger partial charge in [-0.1, -0.05) is 20.8 Å². The van der Waals surface area contributed by atoms with Crippen LogP contribution in [-0.4, -0.2) is 9.97 Å². The Morgan fingerprint density at radius 1 is 1.36 bits per heavy atom. The summed E-state index contributed by atoms with van der Waals surface area (Å²) in [4.78, 5) is 7.50. The van der Waals surface area contributed by atoms with E-state index in [4.69, 9.17) is 0 Å². The average Bonchev–Trinajstić information content (AvgIpc) is 2.45. The predicted octanol–water partition coefficient (Wildman–Crippen LogP) is 3.62. The minimum Gasteiger partial charge on any atom is -0.346 e. The van der Waals surface area contributed by atoms with Gasteiger partial charge in [0.2, 0.25) is 0 Å². The van der Waals surface area contributed by atoms with Crippen LogP contribution in [0.15, 0.2) is 22.9 Å². The highest BCUT2D eigenvalue weighted by molar-refractivity contribution is 9.10. The standard InChI is InChI=1S/C11H13BrN2/c1-11(2,3)9-6-14-10-8(9)4-7(12)5-13-10/h4-6H,1-3H3,(H,13,14). The van der Waals surface area contributed by atoms with E-state index in [0.29, 0.717) is 0 Å². The van der Waals surface area contributed by atoms with Crippen molar-refractivity contribution in [3.8, 4) is 0 Å². The van der Waals surface area contributed by atoms with E-state index in [2.05, 4.69) is 52.7 Å². The van der Waals surface area contributed by atoms with Crippen LogP contribution in [0.3, 0.4) is 0 Å². The fourth-order valence-corrected chi connectivity index (χ4v) is 1.93. The van der Waals surface area contributed by atoms with Gasteiger partial charge >= 0.3 is 0 Å². The van der Waals surface area contributed by atoms with Crippen LogP contribution in [0, 0.1) is 0 Å². The van der Waals surface area contributed by atoms with Gasteiger partial charge in [-0.15, -0.1) is 0 Å². The number of hydrogen-bond donors (Lipinski definition) is 1. The molecule has 0 atom stereocenters. The van der Waals surface area contributed by atoms with Crippen LogP contribution in [-0.2, 0) is 5.41 Å². The first kappa shape index (κ1) is 9.71. The van der Waals surface area contributed by atoms with Crippen molar-refractivity contribution in [3.63, 3.8) is 0 Å². The molecular weight excluding hydrogens is 240 g/mol. The van der Waals surface area contributed by atoms with Gasteiger partial charge in [-0.25, -0.2) is 4.98 Å². The number of hydrogen-bond acceptors (Lipinski definition) is 1. The molecule has 0 aliphatic rings. The van der Waals surface area contributed by atoms with E-state index in [9.17, 15) is 0 Å². The molecule has 0 aromatic carbocycles. The largest absolute Gasteiger partial charge is 0.346 e. The van der Waals surface area contributed by atoms with Gasteiger partial charge in [0.25, 0.3) is 0 Å². The molecule has 0 saturated carbocycles. The highest BCUT2D eigenvalue weighted by Crippen LogP contribution is 2.30. The molecule has 2 heterocycles. The van der Waals surface area contributed by atoms with Crippen molar-refractivity contribution in [2.45, 2.75) is 26.2 Å². The molecule has 1 N–H and O–H groups in total. The Balaban J connectivity index is 2.73. The van der Waals surface area contributed by atoms with Crippen molar-refractivity contribution >= 4 is 27.0 Å². The van der Waals surface area contributed by atoms with Gasteiger partial charge < -0.3 is 4.98 Å². The van der Waals surface area contributed by atoms with Crippen LogP contribution >= 0.6 is 15.9 Å². The van der Waals surface area contributed by atoms with Gasteiger partial charge in [0.15, 0.2) is 0 Å². The summed E-state index contributed by atoms with van der Waals surface area (Å²) in [6.07, 6.45) is 3.86. The number of halogens is 1. The molecule has 0 spiro atoms. The fraction of sp³-hybridized carbons (Fsp3) is 0.364. The molecule has 0 bridgehead atoms. The molecule has 2 rings (SSSR count). The molecule has 0 fully saturated rings. The van der Waals surface area contributed by atoms with Crippen LogP contribution < -0.4 is 0 Å². The SMILES string of the molecule is CC(C)(C)c1c[nH]c2ncc(Br)cc12. The Bertz CT molecular complexity index is 466. The quantitative estimate of drug-likeness (QED) is 0.763. The van der Waals surface area contributed by atoms with Gasteiger partial charge in [0.05, 0.1) is 0 Å². The first-order valence-corrected chi connectivity index (χ1v) is 5.41. The van der Waals surface area contributed by atoms with Crippen LogP contribution in [0.25, 0.3) is 11.0 Å². The topological polar surface area (TPSA) is 28.7 Å². The Morgan fingerprint density at radius 3 is 2.71 bits per heavy atom. The lowest BCUT2D eigenvalue weighted by Gasteiger charge is -2.17. The van der Waals surface area contributed by atoms with Crippen molar-refractivity contribution in [1.82, 2.24) is 9.97 Å². The van der Waals surface area contributed by atoms with Crippen molar-refractivity contribution in [3.05, 3.63) is 28.5 Å². The second-order valence-electron chi connectivity index (χ2n) is 4.50. The number of H-pyrrole nitrogens is 1. The van der Waals surface area contributed by atoms with Crippen LogP contribution in [0.5, 0.6) is 0 Å². The van der Waals surface area contributed by atoms with E-state index in [1.165, 1.54) is 10.9 Å². The minimum absolute atomic E-state index is 0.153. The Morgan fingerprint density at radius 2 is 2.07 bits per heavy atom. The third-order valence-electron chi connectivity index (χ3n) is 2.31. The maximum absolute atomic E-state index is 4.31. The number of aromatic amines is 1. The molecule has 74 valence electrons. The number of nitrogens with one attached hydrogen (secondary N) is 1. The fourth-order valence-electron chi connectivity index (χ4n) is 1.60. The molecule has 0 saturated heterocycles. The number of aromatic nitrogens is 2. The van der Waals surface area contributed by atoms with Gasteiger partial charge in [-0.3, -0.25) is 0 Å². The zero-order chi connectivity index (χ0) is 10.3. The summed E-state index contributed by atoms with van der Waals surface area (Å²) < 4.78 is 1.02. The number of rotatable bonds is 0. The molecule has 2 aromatic rings. The minimum atomic E-state index is 0.153. The normalized spacial score (nSPS) is 12.3. The third kappa shape index (κ3) is 1.57. The summed E-state index contributed by atoms with van der Waals surface area (Å²) in [5, 5.41) is 1.20. The predicted molar refractivity (Wildman–Crippen MR) is 62.5 cm³/mol. The Hall–Kier alpha value is -0.830. The highest BCUT2D eigenvalue weighted by atomic mass is 79.9. The highest BCUT2D eigenvalue weighted by Gasteiger charge is 2.18. The van der Waals surface area contributed by atoms with E-state index >= 15 is 0 Å². The summed E-state index contributed by atoms with van der Waals surface area (Å²) in [6, 6.07) is 2.11. The molecule has 0 unspecified atom stereocenters. The Kier molecular flexibility index (Phi) is 2.14. The van der Waals surface area contributed by atoms with Crippen LogP contribution in [0.4, 0.5) is 0 Å².